The van der Waals surface area contributed by atoms with E-state index in [1.807, 2.05) is 5.01 Å². The molecule has 2 N–H and O–H groups in total. The number of rotatable bonds is 0. The average Bonchev–Trinajstić information content (AvgIpc) is 1.59. The van der Waals surface area contributed by atoms with Crippen molar-refractivity contribution < 1.29 is 0 Å². The molecular formula is C8H21ClN2. The second-order valence-electron chi connectivity index (χ2n) is 4.71. The molecule has 3 heteroatoms. The topological polar surface area (TPSA) is 29.3 Å². The molecule has 0 aliphatic heterocycles. The van der Waals surface area contributed by atoms with Crippen molar-refractivity contribution in [3.05, 3.63) is 0 Å². The van der Waals surface area contributed by atoms with Crippen LogP contribution in [0.1, 0.15) is 41.5 Å². The third-order valence-corrected chi connectivity index (χ3v) is 1.45. The van der Waals surface area contributed by atoms with Crippen LogP contribution in [0.4, 0.5) is 0 Å². The van der Waals surface area contributed by atoms with E-state index in [1.54, 1.807) is 0 Å². The van der Waals surface area contributed by atoms with Crippen molar-refractivity contribution in [3.8, 4) is 0 Å². The zero-order valence-corrected chi connectivity index (χ0v) is 9.25. The highest BCUT2D eigenvalue weighted by atomic mass is 35.5. The molecular weight excluding hydrogens is 160 g/mol. The van der Waals surface area contributed by atoms with Crippen LogP contribution in [0, 0.1) is 0 Å². The third kappa shape index (κ3) is 4.62. The maximum atomic E-state index is 5.86. The molecule has 0 amide bonds. The number of nitrogens with two attached hydrogens (primary N) is 1. The monoisotopic (exact) mass is 180 g/mol. The fourth-order valence-electron chi connectivity index (χ4n) is 1.01. The van der Waals surface area contributed by atoms with Gasteiger partial charge in [0.25, 0.3) is 0 Å². The van der Waals surface area contributed by atoms with Gasteiger partial charge in [-0.1, -0.05) is 0 Å². The van der Waals surface area contributed by atoms with Crippen LogP contribution in [0.5, 0.6) is 0 Å². The predicted molar refractivity (Wildman–Crippen MR) is 52.8 cm³/mol. The second kappa shape index (κ2) is 3.74. The number of nitrogens with zero attached hydrogens (tertiary/aromatic N) is 1. The van der Waals surface area contributed by atoms with Gasteiger partial charge in [-0.05, 0) is 41.5 Å². The lowest BCUT2D eigenvalue weighted by Gasteiger charge is -2.41. The Kier molecular flexibility index (Phi) is 4.69. The maximum Gasteiger partial charge on any atom is 0.0273 e. The highest BCUT2D eigenvalue weighted by Gasteiger charge is 2.27. The van der Waals surface area contributed by atoms with Gasteiger partial charge in [-0.15, -0.1) is 12.4 Å². The Morgan fingerprint density at radius 3 is 1.00 bits per heavy atom. The minimum atomic E-state index is 0. The van der Waals surface area contributed by atoms with Gasteiger partial charge in [0.1, 0.15) is 0 Å². The van der Waals surface area contributed by atoms with E-state index in [4.69, 9.17) is 5.84 Å². The molecule has 0 aromatic heterocycles. The Balaban J connectivity index is 0. The summed E-state index contributed by atoms with van der Waals surface area (Å²) in [6.07, 6.45) is 0. The van der Waals surface area contributed by atoms with Gasteiger partial charge >= 0.3 is 0 Å². The number of hydrogen-bond acceptors (Lipinski definition) is 2. The first-order valence-electron chi connectivity index (χ1n) is 3.71. The Hall–Kier alpha value is 0.210. The smallest absolute Gasteiger partial charge is 0.0273 e. The lowest BCUT2D eigenvalue weighted by molar-refractivity contribution is 0.0381. The van der Waals surface area contributed by atoms with E-state index in [-0.39, 0.29) is 23.5 Å². The van der Waals surface area contributed by atoms with E-state index in [9.17, 15) is 0 Å². The van der Waals surface area contributed by atoms with Crippen LogP contribution in [0.25, 0.3) is 0 Å². The molecule has 2 nitrogen and oxygen atoms in total. The molecule has 0 aromatic carbocycles. The van der Waals surface area contributed by atoms with Gasteiger partial charge in [-0.25, -0.2) is 5.01 Å². The van der Waals surface area contributed by atoms with Gasteiger partial charge in [0.2, 0.25) is 0 Å². The van der Waals surface area contributed by atoms with Crippen LogP contribution in [-0.2, 0) is 0 Å². The molecule has 0 aromatic rings. The van der Waals surface area contributed by atoms with Crippen LogP contribution < -0.4 is 5.84 Å². The average molecular weight is 181 g/mol. The maximum absolute atomic E-state index is 5.86. The predicted octanol–water partition coefficient (Wildman–Crippen LogP) is 2.18. The van der Waals surface area contributed by atoms with Gasteiger partial charge < -0.3 is 0 Å². The molecule has 0 aliphatic carbocycles. The van der Waals surface area contributed by atoms with E-state index in [0.717, 1.165) is 0 Å². The molecule has 0 heterocycles. The van der Waals surface area contributed by atoms with E-state index in [2.05, 4.69) is 41.5 Å². The van der Waals surface area contributed by atoms with Crippen molar-refractivity contribution in [1.82, 2.24) is 5.01 Å². The molecule has 11 heavy (non-hydrogen) atoms. The van der Waals surface area contributed by atoms with Crippen molar-refractivity contribution >= 4 is 12.4 Å². The highest BCUT2D eigenvalue weighted by Crippen LogP contribution is 2.19. The van der Waals surface area contributed by atoms with Crippen molar-refractivity contribution in [2.24, 2.45) is 5.84 Å². The summed E-state index contributed by atoms with van der Waals surface area (Å²) in [6.45, 7) is 12.7. The molecule has 0 spiro atoms. The summed E-state index contributed by atoms with van der Waals surface area (Å²) < 4.78 is 0. The highest BCUT2D eigenvalue weighted by molar-refractivity contribution is 5.85. The first kappa shape index (κ1) is 13.8. The fourth-order valence-corrected chi connectivity index (χ4v) is 1.01. The minimum absolute atomic E-state index is 0. The van der Waals surface area contributed by atoms with Crippen molar-refractivity contribution in [3.63, 3.8) is 0 Å². The SMILES string of the molecule is CC(C)(C)N(N)C(C)(C)C.Cl. The minimum Gasteiger partial charge on any atom is -0.268 e. The quantitative estimate of drug-likeness (QED) is 0.458. The number of hydrazine groups is 1. The summed E-state index contributed by atoms with van der Waals surface area (Å²) in [5.74, 6) is 5.86. The molecule has 0 saturated heterocycles. The Morgan fingerprint density at radius 1 is 0.818 bits per heavy atom. The molecule has 0 bridgehead atoms. The lowest BCUT2D eigenvalue weighted by atomic mass is 9.99. The first-order chi connectivity index (χ1) is 4.15. The number of hydrogen-bond donors (Lipinski definition) is 1. The normalized spacial score (nSPS) is 13.1. The van der Waals surface area contributed by atoms with Crippen molar-refractivity contribution in [1.29, 1.82) is 0 Å². The molecule has 0 unspecified atom stereocenters. The fraction of sp³-hybridized carbons (Fsp3) is 1.00. The standard InChI is InChI=1S/C8H20N2.ClH/c1-7(2,3)10(9)8(4,5)6;/h9H2,1-6H3;1H. The Bertz CT molecular complexity index is 96.2. The van der Waals surface area contributed by atoms with Gasteiger partial charge in [0.15, 0.2) is 0 Å². The van der Waals surface area contributed by atoms with Crippen LogP contribution in [0.2, 0.25) is 0 Å². The van der Waals surface area contributed by atoms with E-state index in [0.29, 0.717) is 0 Å². The zero-order chi connectivity index (χ0) is 8.58. The molecule has 0 saturated carbocycles. The van der Waals surface area contributed by atoms with Crippen LogP contribution in [0.3, 0.4) is 0 Å². The van der Waals surface area contributed by atoms with Gasteiger partial charge in [0, 0.05) is 11.1 Å². The molecule has 0 rings (SSSR count). The van der Waals surface area contributed by atoms with Crippen LogP contribution in [0.15, 0.2) is 0 Å². The van der Waals surface area contributed by atoms with Crippen LogP contribution >= 0.6 is 12.4 Å². The summed E-state index contributed by atoms with van der Waals surface area (Å²) >= 11 is 0. The van der Waals surface area contributed by atoms with E-state index in [1.165, 1.54) is 0 Å². The summed E-state index contributed by atoms with van der Waals surface area (Å²) in [5.41, 5.74) is 0.108. The van der Waals surface area contributed by atoms with E-state index < -0.39 is 0 Å². The van der Waals surface area contributed by atoms with Gasteiger partial charge in [-0.3, -0.25) is 5.84 Å². The third-order valence-electron chi connectivity index (χ3n) is 1.45. The summed E-state index contributed by atoms with van der Waals surface area (Å²) in [6, 6.07) is 0. The summed E-state index contributed by atoms with van der Waals surface area (Å²) in [4.78, 5) is 0. The van der Waals surface area contributed by atoms with Crippen molar-refractivity contribution in [2.45, 2.75) is 52.6 Å². The van der Waals surface area contributed by atoms with Gasteiger partial charge in [-0.2, -0.15) is 0 Å². The summed E-state index contributed by atoms with van der Waals surface area (Å²) in [5, 5.41) is 1.88. The second-order valence-corrected chi connectivity index (χ2v) is 4.71. The molecule has 0 aliphatic rings. The first-order valence-corrected chi connectivity index (χ1v) is 3.71. The Labute approximate surface area is 76.5 Å². The van der Waals surface area contributed by atoms with Gasteiger partial charge in [0.05, 0.1) is 0 Å². The molecule has 0 radical (unpaired) electrons. The lowest BCUT2D eigenvalue weighted by Crippen LogP contribution is -2.56. The largest absolute Gasteiger partial charge is 0.268 e. The Morgan fingerprint density at radius 2 is 1.00 bits per heavy atom. The van der Waals surface area contributed by atoms with Crippen LogP contribution in [-0.4, -0.2) is 16.1 Å². The molecule has 0 atom stereocenters. The zero-order valence-electron chi connectivity index (χ0n) is 8.43. The number of halogens is 1. The molecule has 70 valence electrons. The van der Waals surface area contributed by atoms with Crippen molar-refractivity contribution in [2.75, 3.05) is 0 Å². The molecule has 0 fully saturated rings. The van der Waals surface area contributed by atoms with E-state index >= 15 is 0 Å². The summed E-state index contributed by atoms with van der Waals surface area (Å²) in [7, 11) is 0.